The van der Waals surface area contributed by atoms with Crippen LogP contribution in [0.4, 0.5) is 10.7 Å². The normalized spacial score (nSPS) is 12.2. The Kier molecular flexibility index (Phi) is 4.19. The lowest BCUT2D eigenvalue weighted by Gasteiger charge is -2.14. The van der Waals surface area contributed by atoms with Crippen LogP contribution in [0.5, 0.6) is 0 Å². The van der Waals surface area contributed by atoms with Crippen LogP contribution in [0, 0.1) is 0 Å². The number of rotatable bonds is 4. The molecular formula is C21H17N3O2. The third-order valence-corrected chi connectivity index (χ3v) is 4.47. The molecule has 4 rings (SSSR count). The summed E-state index contributed by atoms with van der Waals surface area (Å²) in [6.45, 7) is 3.89. The Hall–Kier alpha value is -3.47. The quantitative estimate of drug-likeness (QED) is 0.758. The van der Waals surface area contributed by atoms with Gasteiger partial charge in [-0.1, -0.05) is 61.2 Å². The second kappa shape index (κ2) is 6.80. The molecule has 0 bridgehead atoms. The second-order valence-electron chi connectivity index (χ2n) is 5.99. The van der Waals surface area contributed by atoms with Gasteiger partial charge in [-0.25, -0.2) is 14.8 Å². The van der Waals surface area contributed by atoms with Crippen LogP contribution in [0.1, 0.15) is 22.6 Å². The first-order valence-corrected chi connectivity index (χ1v) is 8.33. The molecule has 1 amide bonds. The van der Waals surface area contributed by atoms with E-state index in [0.29, 0.717) is 0 Å². The van der Waals surface area contributed by atoms with E-state index in [4.69, 9.17) is 4.74 Å². The highest BCUT2D eigenvalue weighted by Crippen LogP contribution is 2.44. The lowest BCUT2D eigenvalue weighted by molar-refractivity contribution is 0.158. The molecule has 1 N–H and O–H groups in total. The van der Waals surface area contributed by atoms with Gasteiger partial charge in [0.1, 0.15) is 6.61 Å². The average Bonchev–Trinajstić information content (AvgIpc) is 3.01. The van der Waals surface area contributed by atoms with Crippen LogP contribution >= 0.6 is 0 Å². The molecule has 1 aliphatic carbocycles. The van der Waals surface area contributed by atoms with Gasteiger partial charge in [-0.05, 0) is 22.3 Å². The number of amides is 1. The summed E-state index contributed by atoms with van der Waals surface area (Å²) >= 11 is 0. The summed E-state index contributed by atoms with van der Waals surface area (Å²) in [5.41, 5.74) is 5.52. The van der Waals surface area contributed by atoms with Gasteiger partial charge in [0, 0.05) is 23.9 Å². The zero-order valence-electron chi connectivity index (χ0n) is 14.1. The monoisotopic (exact) mass is 343 g/mol. The molecule has 0 atom stereocenters. The molecule has 26 heavy (non-hydrogen) atoms. The molecule has 3 aromatic rings. The fraction of sp³-hybridized carbons (Fsp3) is 0.0952. The van der Waals surface area contributed by atoms with Crippen LogP contribution in [0.25, 0.3) is 17.2 Å². The van der Waals surface area contributed by atoms with Gasteiger partial charge in [-0.3, -0.25) is 5.32 Å². The number of carbonyl (C=O) groups is 1. The van der Waals surface area contributed by atoms with Gasteiger partial charge in [0.2, 0.25) is 5.95 Å². The average molecular weight is 343 g/mol. The van der Waals surface area contributed by atoms with E-state index < -0.39 is 6.09 Å². The summed E-state index contributed by atoms with van der Waals surface area (Å²) in [6, 6.07) is 16.4. The first-order valence-electron chi connectivity index (χ1n) is 8.33. The molecular weight excluding hydrogens is 326 g/mol. The van der Waals surface area contributed by atoms with Crippen molar-refractivity contribution in [2.45, 2.75) is 5.92 Å². The van der Waals surface area contributed by atoms with Crippen molar-refractivity contribution in [1.29, 1.82) is 0 Å². The van der Waals surface area contributed by atoms with Gasteiger partial charge < -0.3 is 4.74 Å². The molecule has 0 saturated heterocycles. The van der Waals surface area contributed by atoms with E-state index in [0.717, 1.165) is 5.56 Å². The highest BCUT2D eigenvalue weighted by molar-refractivity contribution is 5.83. The molecule has 0 saturated carbocycles. The Labute approximate surface area is 151 Å². The fourth-order valence-electron chi connectivity index (χ4n) is 3.23. The van der Waals surface area contributed by atoms with Crippen molar-refractivity contribution in [2.75, 3.05) is 11.9 Å². The molecule has 0 spiro atoms. The largest absolute Gasteiger partial charge is 0.448 e. The van der Waals surface area contributed by atoms with E-state index in [1.165, 1.54) is 22.3 Å². The smallest absolute Gasteiger partial charge is 0.414 e. The molecule has 5 heteroatoms. The number of benzene rings is 2. The number of carbonyl (C=O) groups excluding carboxylic acids is 1. The van der Waals surface area contributed by atoms with Crippen LogP contribution < -0.4 is 5.32 Å². The van der Waals surface area contributed by atoms with Crippen LogP contribution in [-0.2, 0) is 4.74 Å². The second-order valence-corrected chi connectivity index (χ2v) is 5.99. The maximum Gasteiger partial charge on any atom is 0.414 e. The minimum atomic E-state index is -0.571. The van der Waals surface area contributed by atoms with E-state index in [-0.39, 0.29) is 18.5 Å². The molecule has 1 heterocycles. The molecule has 5 nitrogen and oxygen atoms in total. The first-order chi connectivity index (χ1) is 12.8. The highest BCUT2D eigenvalue weighted by Gasteiger charge is 2.29. The van der Waals surface area contributed by atoms with Gasteiger partial charge in [-0.15, -0.1) is 0 Å². The Morgan fingerprint density at radius 1 is 1.04 bits per heavy atom. The van der Waals surface area contributed by atoms with Gasteiger partial charge in [0.05, 0.1) is 0 Å². The summed E-state index contributed by atoms with van der Waals surface area (Å²) < 4.78 is 5.45. The number of fused-ring (bicyclic) bond motifs is 3. The number of aromatic nitrogens is 2. The maximum atomic E-state index is 12.1. The Bertz CT molecular complexity index is 922. The van der Waals surface area contributed by atoms with Crippen molar-refractivity contribution in [2.24, 2.45) is 0 Å². The SMILES string of the molecule is C=Cc1cnc(NC(=O)OCC2c3ccccc3-c3ccccc32)nc1. The first kappa shape index (κ1) is 16.0. The van der Waals surface area contributed by atoms with E-state index >= 15 is 0 Å². The van der Waals surface area contributed by atoms with Crippen LogP contribution in [0.15, 0.2) is 67.5 Å². The van der Waals surface area contributed by atoms with Crippen molar-refractivity contribution in [3.05, 3.63) is 84.2 Å². The Morgan fingerprint density at radius 3 is 2.19 bits per heavy atom. The third-order valence-electron chi connectivity index (χ3n) is 4.47. The fourth-order valence-corrected chi connectivity index (χ4v) is 3.23. The Balaban J connectivity index is 1.47. The minimum absolute atomic E-state index is 0.0252. The summed E-state index contributed by atoms with van der Waals surface area (Å²) in [7, 11) is 0. The molecule has 0 aliphatic heterocycles. The van der Waals surface area contributed by atoms with Crippen LogP contribution in [0.3, 0.4) is 0 Å². The maximum absolute atomic E-state index is 12.1. The predicted octanol–water partition coefficient (Wildman–Crippen LogP) is 4.48. The van der Waals surface area contributed by atoms with Crippen molar-refractivity contribution in [1.82, 2.24) is 9.97 Å². The third kappa shape index (κ3) is 2.95. The molecule has 0 fully saturated rings. The van der Waals surface area contributed by atoms with Crippen molar-refractivity contribution in [3.63, 3.8) is 0 Å². The molecule has 0 radical (unpaired) electrons. The topological polar surface area (TPSA) is 64.1 Å². The molecule has 1 aromatic heterocycles. The van der Waals surface area contributed by atoms with Crippen molar-refractivity contribution < 1.29 is 9.53 Å². The zero-order valence-corrected chi connectivity index (χ0v) is 14.1. The van der Waals surface area contributed by atoms with Gasteiger partial charge >= 0.3 is 6.09 Å². The predicted molar refractivity (Wildman–Crippen MR) is 101 cm³/mol. The van der Waals surface area contributed by atoms with Crippen LogP contribution in [-0.4, -0.2) is 22.7 Å². The van der Waals surface area contributed by atoms with E-state index in [9.17, 15) is 4.79 Å². The summed E-state index contributed by atoms with van der Waals surface area (Å²) in [5, 5.41) is 2.55. The van der Waals surface area contributed by atoms with E-state index in [2.05, 4.69) is 46.1 Å². The number of hydrogen-bond donors (Lipinski definition) is 1. The lowest BCUT2D eigenvalue weighted by Crippen LogP contribution is -2.19. The standard InChI is InChI=1S/C21H17N3O2/c1-2-14-11-22-20(23-12-14)24-21(25)26-13-19-17-9-5-3-7-15(17)16-8-4-6-10-18(16)19/h2-12,19H,1,13H2,(H,22,23,24,25). The number of nitrogens with zero attached hydrogens (tertiary/aromatic N) is 2. The molecule has 0 unspecified atom stereocenters. The Morgan fingerprint density at radius 2 is 1.62 bits per heavy atom. The highest BCUT2D eigenvalue weighted by atomic mass is 16.5. The summed E-state index contributed by atoms with van der Waals surface area (Å²) in [4.78, 5) is 20.2. The van der Waals surface area contributed by atoms with Gasteiger partial charge in [0.25, 0.3) is 0 Å². The lowest BCUT2D eigenvalue weighted by atomic mass is 9.98. The summed E-state index contributed by atoms with van der Waals surface area (Å²) in [6.07, 6.45) is 4.23. The minimum Gasteiger partial charge on any atom is -0.448 e. The van der Waals surface area contributed by atoms with Gasteiger partial charge in [0.15, 0.2) is 0 Å². The molecule has 1 aliphatic rings. The molecule has 2 aromatic carbocycles. The molecule has 128 valence electrons. The van der Waals surface area contributed by atoms with Crippen molar-refractivity contribution >= 4 is 18.1 Å². The van der Waals surface area contributed by atoms with Crippen molar-refractivity contribution in [3.8, 4) is 11.1 Å². The van der Waals surface area contributed by atoms with E-state index in [1.807, 2.05) is 24.3 Å². The van der Waals surface area contributed by atoms with E-state index in [1.54, 1.807) is 18.5 Å². The van der Waals surface area contributed by atoms with Crippen LogP contribution in [0.2, 0.25) is 0 Å². The van der Waals surface area contributed by atoms with Gasteiger partial charge in [-0.2, -0.15) is 0 Å². The number of anilines is 1. The number of nitrogens with one attached hydrogen (secondary N) is 1. The summed E-state index contributed by atoms with van der Waals surface area (Å²) in [5.74, 6) is 0.227. The number of hydrogen-bond acceptors (Lipinski definition) is 4. The number of ether oxygens (including phenoxy) is 1. The zero-order chi connectivity index (χ0) is 17.9.